The molecule has 1 aliphatic rings. The Kier molecular flexibility index (Phi) is 4.21. The zero-order valence-corrected chi connectivity index (χ0v) is 13.3. The molecular weight excluding hydrogens is 316 g/mol. The lowest BCUT2D eigenvalue weighted by Gasteiger charge is -2.13. The van der Waals surface area contributed by atoms with E-state index in [2.05, 4.69) is 5.32 Å². The van der Waals surface area contributed by atoms with Gasteiger partial charge in [-0.3, -0.25) is 9.59 Å². The highest BCUT2D eigenvalue weighted by molar-refractivity contribution is 6.31. The van der Waals surface area contributed by atoms with Crippen LogP contribution in [0.25, 0.3) is 0 Å². The lowest BCUT2D eigenvalue weighted by atomic mass is 10.1. The number of benzene rings is 2. The lowest BCUT2D eigenvalue weighted by Crippen LogP contribution is -2.27. The number of amides is 2. The van der Waals surface area contributed by atoms with Crippen molar-refractivity contribution in [3.05, 3.63) is 58.6 Å². The van der Waals surface area contributed by atoms with Crippen LogP contribution in [0.1, 0.15) is 20.7 Å². The standard InChI is InChI=1S/C17H15ClN2O3/c1-20-7-8-23-15-6-5-13(10-14(15)17(20)22)19-16(21)11-3-2-4-12(18)9-11/h2-6,9-10H,7-8H2,1H3,(H,19,21). The number of halogens is 1. The first-order chi connectivity index (χ1) is 11.0. The van der Waals surface area contributed by atoms with Crippen LogP contribution in [-0.2, 0) is 0 Å². The van der Waals surface area contributed by atoms with Gasteiger partial charge in [-0.05, 0) is 36.4 Å². The van der Waals surface area contributed by atoms with Crippen molar-refractivity contribution in [2.24, 2.45) is 0 Å². The van der Waals surface area contributed by atoms with Crippen molar-refractivity contribution in [3.63, 3.8) is 0 Å². The molecule has 0 atom stereocenters. The number of carbonyl (C=O) groups excluding carboxylic acids is 2. The topological polar surface area (TPSA) is 58.6 Å². The predicted molar refractivity (Wildman–Crippen MR) is 88.3 cm³/mol. The number of fused-ring (bicyclic) bond motifs is 1. The van der Waals surface area contributed by atoms with Gasteiger partial charge in [0.25, 0.3) is 11.8 Å². The van der Waals surface area contributed by atoms with Crippen molar-refractivity contribution >= 4 is 29.1 Å². The molecule has 0 spiro atoms. The molecule has 6 heteroatoms. The van der Waals surface area contributed by atoms with Crippen molar-refractivity contribution in [1.29, 1.82) is 0 Å². The van der Waals surface area contributed by atoms with E-state index in [9.17, 15) is 9.59 Å². The molecule has 0 radical (unpaired) electrons. The Morgan fingerprint density at radius 1 is 1.26 bits per heavy atom. The SMILES string of the molecule is CN1CCOc2ccc(NC(=O)c3cccc(Cl)c3)cc2C1=O. The average Bonchev–Trinajstić information content (AvgIpc) is 2.67. The Bertz CT molecular complexity index is 776. The number of hydrogen-bond donors (Lipinski definition) is 1. The van der Waals surface area contributed by atoms with Crippen LogP contribution in [0.5, 0.6) is 5.75 Å². The van der Waals surface area contributed by atoms with E-state index in [1.54, 1.807) is 54.4 Å². The summed E-state index contributed by atoms with van der Waals surface area (Å²) in [7, 11) is 1.72. The van der Waals surface area contributed by atoms with E-state index in [0.29, 0.717) is 40.7 Å². The number of anilines is 1. The maximum Gasteiger partial charge on any atom is 0.257 e. The molecule has 2 amide bonds. The van der Waals surface area contributed by atoms with E-state index >= 15 is 0 Å². The molecule has 23 heavy (non-hydrogen) atoms. The second kappa shape index (κ2) is 6.30. The van der Waals surface area contributed by atoms with Crippen molar-refractivity contribution in [2.75, 3.05) is 25.5 Å². The molecule has 1 heterocycles. The van der Waals surface area contributed by atoms with Crippen molar-refractivity contribution < 1.29 is 14.3 Å². The van der Waals surface area contributed by atoms with Gasteiger partial charge in [-0.1, -0.05) is 17.7 Å². The van der Waals surface area contributed by atoms with Crippen molar-refractivity contribution in [3.8, 4) is 5.75 Å². The van der Waals surface area contributed by atoms with Crippen LogP contribution >= 0.6 is 11.6 Å². The van der Waals surface area contributed by atoms with Crippen LogP contribution in [0.15, 0.2) is 42.5 Å². The molecular formula is C17H15ClN2O3. The summed E-state index contributed by atoms with van der Waals surface area (Å²) < 4.78 is 5.56. The van der Waals surface area contributed by atoms with Gasteiger partial charge in [0.2, 0.25) is 0 Å². The van der Waals surface area contributed by atoms with Crippen LogP contribution < -0.4 is 10.1 Å². The van der Waals surface area contributed by atoms with Crippen LogP contribution in [0.4, 0.5) is 5.69 Å². The van der Waals surface area contributed by atoms with Crippen LogP contribution in [0, 0.1) is 0 Å². The molecule has 0 fully saturated rings. The van der Waals surface area contributed by atoms with Crippen LogP contribution in [0.2, 0.25) is 5.02 Å². The van der Waals surface area contributed by atoms with Gasteiger partial charge in [0.1, 0.15) is 12.4 Å². The van der Waals surface area contributed by atoms with E-state index in [1.807, 2.05) is 0 Å². The summed E-state index contributed by atoms with van der Waals surface area (Å²) in [4.78, 5) is 26.1. The summed E-state index contributed by atoms with van der Waals surface area (Å²) >= 11 is 5.89. The minimum atomic E-state index is -0.289. The quantitative estimate of drug-likeness (QED) is 0.920. The molecule has 1 N–H and O–H groups in total. The monoisotopic (exact) mass is 330 g/mol. The highest BCUT2D eigenvalue weighted by Crippen LogP contribution is 2.26. The molecule has 3 rings (SSSR count). The molecule has 5 nitrogen and oxygen atoms in total. The van der Waals surface area contributed by atoms with Crippen molar-refractivity contribution in [2.45, 2.75) is 0 Å². The molecule has 0 saturated heterocycles. The Hall–Kier alpha value is -2.53. The predicted octanol–water partition coefficient (Wildman–Crippen LogP) is 3.06. The molecule has 0 bridgehead atoms. The number of hydrogen-bond acceptors (Lipinski definition) is 3. The van der Waals surface area contributed by atoms with Crippen LogP contribution in [0.3, 0.4) is 0 Å². The maximum absolute atomic E-state index is 12.3. The summed E-state index contributed by atoms with van der Waals surface area (Å²) in [6, 6.07) is 11.7. The minimum Gasteiger partial charge on any atom is -0.491 e. The van der Waals surface area contributed by atoms with Gasteiger partial charge in [0.15, 0.2) is 0 Å². The molecule has 2 aromatic rings. The van der Waals surface area contributed by atoms with Crippen LogP contribution in [-0.4, -0.2) is 36.9 Å². The Morgan fingerprint density at radius 3 is 2.87 bits per heavy atom. The van der Waals surface area contributed by atoms with Gasteiger partial charge < -0.3 is 15.0 Å². The molecule has 1 aliphatic heterocycles. The molecule has 0 aliphatic carbocycles. The fourth-order valence-electron chi connectivity index (χ4n) is 2.33. The summed E-state index contributed by atoms with van der Waals surface area (Å²) in [5.41, 5.74) is 1.42. The fraction of sp³-hybridized carbons (Fsp3) is 0.176. The average molecular weight is 331 g/mol. The van der Waals surface area contributed by atoms with Gasteiger partial charge in [0, 0.05) is 23.3 Å². The summed E-state index contributed by atoms with van der Waals surface area (Å²) in [6.07, 6.45) is 0. The largest absolute Gasteiger partial charge is 0.491 e. The Morgan fingerprint density at radius 2 is 2.09 bits per heavy atom. The summed E-state index contributed by atoms with van der Waals surface area (Å²) in [5, 5.41) is 3.26. The Balaban J connectivity index is 1.86. The first-order valence-corrected chi connectivity index (χ1v) is 7.51. The molecule has 0 unspecified atom stereocenters. The van der Waals surface area contributed by atoms with E-state index < -0.39 is 0 Å². The molecule has 118 valence electrons. The number of ether oxygens (including phenoxy) is 1. The number of nitrogens with zero attached hydrogens (tertiary/aromatic N) is 1. The normalized spacial score (nSPS) is 13.8. The smallest absolute Gasteiger partial charge is 0.257 e. The van der Waals surface area contributed by atoms with Gasteiger partial charge >= 0.3 is 0 Å². The zero-order valence-electron chi connectivity index (χ0n) is 12.5. The maximum atomic E-state index is 12.3. The van der Waals surface area contributed by atoms with Gasteiger partial charge in [-0.15, -0.1) is 0 Å². The second-order valence-corrected chi connectivity index (χ2v) is 5.69. The third kappa shape index (κ3) is 3.29. The minimum absolute atomic E-state index is 0.128. The highest BCUT2D eigenvalue weighted by Gasteiger charge is 2.21. The first-order valence-electron chi connectivity index (χ1n) is 7.14. The molecule has 0 saturated carbocycles. The van der Waals surface area contributed by atoms with E-state index in [4.69, 9.17) is 16.3 Å². The Labute approximate surface area is 138 Å². The van der Waals surface area contributed by atoms with E-state index in [0.717, 1.165) is 0 Å². The number of likely N-dealkylation sites (N-methyl/N-ethyl adjacent to an activating group) is 1. The first kappa shape index (κ1) is 15.4. The van der Waals surface area contributed by atoms with Gasteiger partial charge in [-0.2, -0.15) is 0 Å². The van der Waals surface area contributed by atoms with E-state index in [1.165, 1.54) is 0 Å². The zero-order chi connectivity index (χ0) is 16.4. The van der Waals surface area contributed by atoms with Gasteiger partial charge in [0.05, 0.1) is 12.1 Å². The number of nitrogens with one attached hydrogen (secondary N) is 1. The molecule has 2 aromatic carbocycles. The van der Waals surface area contributed by atoms with Crippen molar-refractivity contribution in [1.82, 2.24) is 4.90 Å². The lowest BCUT2D eigenvalue weighted by molar-refractivity contribution is 0.0796. The highest BCUT2D eigenvalue weighted by atomic mass is 35.5. The summed E-state index contributed by atoms with van der Waals surface area (Å²) in [5.74, 6) is 0.110. The van der Waals surface area contributed by atoms with E-state index in [-0.39, 0.29) is 11.8 Å². The van der Waals surface area contributed by atoms with Gasteiger partial charge in [-0.25, -0.2) is 0 Å². The number of rotatable bonds is 2. The molecule has 0 aromatic heterocycles. The third-order valence-electron chi connectivity index (χ3n) is 3.59. The third-order valence-corrected chi connectivity index (χ3v) is 3.82. The number of carbonyl (C=O) groups is 2. The second-order valence-electron chi connectivity index (χ2n) is 5.25. The summed E-state index contributed by atoms with van der Waals surface area (Å²) in [6.45, 7) is 0.973. The fourth-order valence-corrected chi connectivity index (χ4v) is 2.52.